The standard InChI is InChI=1S/C24H21F3N6O/c1-14-12-32(13-28-14)20-5-3-15(9-21(20)34-2)4-6-22-29-24-17(7-8-33(24)31-30-22)16-10-18(25)23(27)19(26)11-16/h3-6,9-13,17,31H,7-8H2,1-2H3/b6-4+/t17-/m1/s1. The minimum atomic E-state index is -1.47. The van der Waals surface area contributed by atoms with Gasteiger partial charge in [-0.05, 0) is 54.8 Å². The van der Waals surface area contributed by atoms with Crippen LogP contribution in [0.15, 0.2) is 59.0 Å². The summed E-state index contributed by atoms with van der Waals surface area (Å²) in [7, 11) is 1.60. The summed E-state index contributed by atoms with van der Waals surface area (Å²) in [6.45, 7) is 2.47. The molecule has 10 heteroatoms. The monoisotopic (exact) mass is 466 g/mol. The number of imidazole rings is 1. The van der Waals surface area contributed by atoms with Crippen LogP contribution in [0, 0.1) is 24.4 Å². The van der Waals surface area contributed by atoms with E-state index in [1.807, 2.05) is 42.0 Å². The first kappa shape index (κ1) is 21.7. The molecular formula is C24H21F3N6O. The number of nitrogens with one attached hydrogen (secondary N) is 1. The van der Waals surface area contributed by atoms with Gasteiger partial charge in [0.2, 0.25) is 0 Å². The lowest BCUT2D eigenvalue weighted by atomic mass is 9.97. The van der Waals surface area contributed by atoms with Crippen molar-refractivity contribution in [1.82, 2.24) is 20.1 Å². The van der Waals surface area contributed by atoms with Crippen molar-refractivity contribution in [2.45, 2.75) is 19.3 Å². The maximum Gasteiger partial charge on any atom is 0.194 e. The summed E-state index contributed by atoms with van der Waals surface area (Å²) in [5.41, 5.74) is 5.87. The van der Waals surface area contributed by atoms with Crippen LogP contribution in [-0.2, 0) is 0 Å². The first-order chi connectivity index (χ1) is 16.4. The Morgan fingerprint density at radius 2 is 1.91 bits per heavy atom. The average molecular weight is 466 g/mol. The summed E-state index contributed by atoms with van der Waals surface area (Å²) in [5, 5.41) is 5.96. The molecule has 0 radical (unpaired) electrons. The normalized spacial score (nSPS) is 17.4. The molecule has 1 N–H and O–H groups in total. The largest absolute Gasteiger partial charge is 0.495 e. The number of hydrazone groups is 1. The predicted octanol–water partition coefficient (Wildman–Crippen LogP) is 4.34. The highest BCUT2D eigenvalue weighted by Gasteiger charge is 2.34. The van der Waals surface area contributed by atoms with Crippen LogP contribution in [0.25, 0.3) is 11.8 Å². The molecule has 174 valence electrons. The van der Waals surface area contributed by atoms with Crippen LogP contribution < -0.4 is 10.3 Å². The molecule has 1 aromatic heterocycles. The van der Waals surface area contributed by atoms with Crippen molar-refractivity contribution in [3.8, 4) is 11.4 Å². The van der Waals surface area contributed by atoms with Crippen molar-refractivity contribution in [3.05, 3.63) is 83.2 Å². The SMILES string of the molecule is COc1cc(/C=C/C2=NNN3CC[C@H](c4cc(F)c(F)c(F)c4)C3=N2)ccc1-n1cnc(C)c1. The molecule has 0 unspecified atom stereocenters. The number of rotatable bonds is 5. The van der Waals surface area contributed by atoms with E-state index in [-0.39, 0.29) is 5.92 Å². The number of methoxy groups -OCH3 is 1. The molecule has 0 bridgehead atoms. The zero-order chi connectivity index (χ0) is 23.8. The number of ether oxygens (including phenoxy) is 1. The number of halogens is 3. The molecule has 0 spiro atoms. The van der Waals surface area contributed by atoms with Gasteiger partial charge in [0.05, 0.1) is 24.8 Å². The predicted molar refractivity (Wildman–Crippen MR) is 122 cm³/mol. The van der Waals surface area contributed by atoms with Gasteiger partial charge < -0.3 is 9.30 Å². The van der Waals surface area contributed by atoms with E-state index in [1.165, 1.54) is 0 Å². The topological polar surface area (TPSA) is 67.0 Å². The number of aryl methyl sites for hydroxylation is 1. The smallest absolute Gasteiger partial charge is 0.194 e. The molecule has 0 amide bonds. The molecule has 2 aliphatic rings. The van der Waals surface area contributed by atoms with E-state index in [4.69, 9.17) is 4.74 Å². The lowest BCUT2D eigenvalue weighted by Crippen LogP contribution is -2.40. The lowest BCUT2D eigenvalue weighted by molar-refractivity contribution is 0.337. The summed E-state index contributed by atoms with van der Waals surface area (Å²) in [4.78, 5) is 8.82. The number of hydrazine groups is 1. The quantitative estimate of drug-likeness (QED) is 0.568. The molecular weight excluding hydrogens is 445 g/mol. The van der Waals surface area contributed by atoms with E-state index >= 15 is 0 Å². The van der Waals surface area contributed by atoms with Crippen LogP contribution in [0.2, 0.25) is 0 Å². The fourth-order valence-electron chi connectivity index (χ4n) is 4.08. The highest BCUT2D eigenvalue weighted by Crippen LogP contribution is 2.32. The van der Waals surface area contributed by atoms with E-state index in [0.29, 0.717) is 35.9 Å². The number of amidine groups is 2. The zero-order valence-electron chi connectivity index (χ0n) is 18.5. The third-order valence-electron chi connectivity index (χ3n) is 5.77. The number of hydrogen-bond donors (Lipinski definition) is 1. The molecule has 0 saturated carbocycles. The fourth-order valence-corrected chi connectivity index (χ4v) is 4.08. The van der Waals surface area contributed by atoms with Gasteiger partial charge in [-0.3, -0.25) is 5.01 Å². The van der Waals surface area contributed by atoms with E-state index in [1.54, 1.807) is 24.5 Å². The van der Waals surface area contributed by atoms with Gasteiger partial charge in [-0.25, -0.2) is 28.7 Å². The number of benzene rings is 2. The molecule has 0 aliphatic carbocycles. The molecule has 1 fully saturated rings. The molecule has 2 aliphatic heterocycles. The summed E-state index contributed by atoms with van der Waals surface area (Å²) < 4.78 is 48.4. The van der Waals surface area contributed by atoms with E-state index < -0.39 is 17.5 Å². The maximum atomic E-state index is 13.8. The number of nitrogens with zero attached hydrogens (tertiary/aromatic N) is 5. The summed E-state index contributed by atoms with van der Waals surface area (Å²) in [6, 6.07) is 7.79. The van der Waals surface area contributed by atoms with Crippen LogP contribution in [0.3, 0.4) is 0 Å². The Bertz CT molecular complexity index is 1320. The van der Waals surface area contributed by atoms with Gasteiger partial charge in [-0.1, -0.05) is 12.1 Å². The van der Waals surface area contributed by atoms with E-state index in [0.717, 1.165) is 29.1 Å². The maximum absolute atomic E-state index is 13.8. The Labute approximate surface area is 193 Å². The summed E-state index contributed by atoms with van der Waals surface area (Å²) in [5.74, 6) is -2.63. The minimum absolute atomic E-state index is 0.333. The highest BCUT2D eigenvalue weighted by atomic mass is 19.2. The van der Waals surface area contributed by atoms with Crippen LogP contribution >= 0.6 is 0 Å². The number of hydrogen-bond acceptors (Lipinski definition) is 6. The number of aliphatic imine (C=N–C) groups is 1. The number of aromatic nitrogens is 2. The third-order valence-corrected chi connectivity index (χ3v) is 5.77. The second-order valence-corrected chi connectivity index (χ2v) is 8.02. The molecule has 7 nitrogen and oxygen atoms in total. The zero-order valence-corrected chi connectivity index (χ0v) is 18.5. The second-order valence-electron chi connectivity index (χ2n) is 8.02. The fraction of sp³-hybridized carbons (Fsp3) is 0.208. The molecule has 1 saturated heterocycles. The second kappa shape index (κ2) is 8.69. The van der Waals surface area contributed by atoms with E-state index in [9.17, 15) is 13.2 Å². The van der Waals surface area contributed by atoms with Crippen molar-refractivity contribution < 1.29 is 17.9 Å². The molecule has 3 aromatic rings. The Kier molecular flexibility index (Phi) is 5.56. The highest BCUT2D eigenvalue weighted by molar-refractivity contribution is 6.07. The Hall–Kier alpha value is -4.08. The van der Waals surface area contributed by atoms with Gasteiger partial charge in [0.15, 0.2) is 23.3 Å². The lowest BCUT2D eigenvalue weighted by Gasteiger charge is -2.23. The summed E-state index contributed by atoms with van der Waals surface area (Å²) in [6.07, 6.45) is 7.77. The Morgan fingerprint density at radius 1 is 1.12 bits per heavy atom. The van der Waals surface area contributed by atoms with Crippen LogP contribution in [-0.4, -0.2) is 39.9 Å². The van der Waals surface area contributed by atoms with Crippen LogP contribution in [0.1, 0.15) is 29.2 Å². The Morgan fingerprint density at radius 3 is 2.62 bits per heavy atom. The first-order valence-corrected chi connectivity index (χ1v) is 10.6. The third kappa shape index (κ3) is 4.02. The molecule has 1 atom stereocenters. The van der Waals surface area contributed by atoms with Crippen molar-refractivity contribution in [3.63, 3.8) is 0 Å². The van der Waals surface area contributed by atoms with Crippen molar-refractivity contribution in [1.29, 1.82) is 0 Å². The molecule has 34 heavy (non-hydrogen) atoms. The molecule has 5 rings (SSSR count). The van der Waals surface area contributed by atoms with Gasteiger partial charge >= 0.3 is 0 Å². The van der Waals surface area contributed by atoms with Gasteiger partial charge in [0.25, 0.3) is 0 Å². The van der Waals surface area contributed by atoms with E-state index in [2.05, 4.69) is 20.6 Å². The molecule has 2 aromatic carbocycles. The minimum Gasteiger partial charge on any atom is -0.495 e. The average Bonchev–Trinajstić information content (AvgIpc) is 3.46. The van der Waals surface area contributed by atoms with Crippen molar-refractivity contribution in [2.24, 2.45) is 10.1 Å². The number of fused-ring (bicyclic) bond motifs is 1. The van der Waals surface area contributed by atoms with Crippen molar-refractivity contribution >= 4 is 17.7 Å². The summed E-state index contributed by atoms with van der Waals surface area (Å²) >= 11 is 0. The Balaban J connectivity index is 1.39. The van der Waals surface area contributed by atoms with Gasteiger partial charge in [-0.15, -0.1) is 5.10 Å². The van der Waals surface area contributed by atoms with Crippen LogP contribution in [0.4, 0.5) is 13.2 Å². The van der Waals surface area contributed by atoms with Gasteiger partial charge in [0, 0.05) is 18.7 Å². The van der Waals surface area contributed by atoms with Crippen molar-refractivity contribution in [2.75, 3.05) is 13.7 Å². The first-order valence-electron chi connectivity index (χ1n) is 10.6. The van der Waals surface area contributed by atoms with Crippen LogP contribution in [0.5, 0.6) is 5.75 Å². The molecule has 3 heterocycles. The van der Waals surface area contributed by atoms with Gasteiger partial charge in [-0.2, -0.15) is 0 Å². The van der Waals surface area contributed by atoms with Gasteiger partial charge in [0.1, 0.15) is 11.6 Å².